The van der Waals surface area contributed by atoms with Gasteiger partial charge in [0, 0.05) is 25.3 Å². The summed E-state index contributed by atoms with van der Waals surface area (Å²) in [6, 6.07) is 2.36. The Morgan fingerprint density at radius 3 is 2.90 bits per heavy atom. The number of aryl methyl sites for hydroxylation is 1. The predicted molar refractivity (Wildman–Crippen MR) is 79.2 cm³/mol. The van der Waals surface area contributed by atoms with Crippen LogP contribution in [0.1, 0.15) is 35.8 Å². The van der Waals surface area contributed by atoms with Gasteiger partial charge >= 0.3 is 0 Å². The fourth-order valence-electron chi connectivity index (χ4n) is 2.80. The van der Waals surface area contributed by atoms with Crippen LogP contribution in [0.15, 0.2) is 16.8 Å². The highest BCUT2D eigenvalue weighted by Gasteiger charge is 2.23. The van der Waals surface area contributed by atoms with Gasteiger partial charge in [0.1, 0.15) is 0 Å². The Bertz CT molecular complexity index is 644. The quantitative estimate of drug-likeness (QED) is 0.929. The maximum atomic E-state index is 12.6. The van der Waals surface area contributed by atoms with Gasteiger partial charge in [0.15, 0.2) is 0 Å². The molecule has 112 valence electrons. The van der Waals surface area contributed by atoms with Crippen LogP contribution in [0.5, 0.6) is 0 Å². The smallest absolute Gasteiger partial charge is 0.257 e. The molecule has 0 unspecified atom stereocenters. The zero-order valence-corrected chi connectivity index (χ0v) is 12.4. The molecule has 0 aromatic carbocycles. The largest absolute Gasteiger partial charge is 0.338 e. The molecule has 21 heavy (non-hydrogen) atoms. The molecule has 3 heterocycles. The van der Waals surface area contributed by atoms with E-state index in [2.05, 4.69) is 15.5 Å². The van der Waals surface area contributed by atoms with E-state index in [4.69, 9.17) is 4.52 Å². The van der Waals surface area contributed by atoms with Crippen molar-refractivity contribution in [1.29, 1.82) is 0 Å². The Labute approximate surface area is 123 Å². The molecule has 1 fully saturated rings. The second-order valence-electron chi connectivity index (χ2n) is 5.41. The monoisotopic (exact) mass is 288 g/mol. The maximum Gasteiger partial charge on any atom is 0.257 e. The number of nitrogens with zero attached hydrogens (tertiary/aromatic N) is 3. The lowest BCUT2D eigenvalue weighted by Gasteiger charge is -2.31. The van der Waals surface area contributed by atoms with Crippen LogP contribution < -0.4 is 5.32 Å². The number of carbonyl (C=O) groups is 1. The summed E-state index contributed by atoms with van der Waals surface area (Å²) in [6.45, 7) is 3.58. The number of likely N-dealkylation sites (tertiary alicyclic amines) is 1. The number of pyridine rings is 1. The summed E-state index contributed by atoms with van der Waals surface area (Å²) in [7, 11) is 1.97. The molecule has 1 aliphatic heterocycles. The van der Waals surface area contributed by atoms with Crippen LogP contribution >= 0.6 is 0 Å². The SMILES string of the molecule is CCc1noc2ncc(C(=O)N3CCC(NC)CC3)cc12. The molecule has 0 bridgehead atoms. The van der Waals surface area contributed by atoms with Gasteiger partial charge in [-0.2, -0.15) is 0 Å². The van der Waals surface area contributed by atoms with Crippen LogP contribution in [0.25, 0.3) is 11.1 Å². The lowest BCUT2D eigenvalue weighted by molar-refractivity contribution is 0.0707. The average molecular weight is 288 g/mol. The van der Waals surface area contributed by atoms with Gasteiger partial charge in [0.2, 0.25) is 0 Å². The van der Waals surface area contributed by atoms with E-state index >= 15 is 0 Å². The zero-order chi connectivity index (χ0) is 14.8. The van der Waals surface area contributed by atoms with E-state index in [1.807, 2.05) is 24.9 Å². The highest BCUT2D eigenvalue weighted by molar-refractivity contribution is 5.97. The summed E-state index contributed by atoms with van der Waals surface area (Å²) in [5.41, 5.74) is 1.96. The number of amides is 1. The van der Waals surface area contributed by atoms with Crippen molar-refractivity contribution in [1.82, 2.24) is 20.4 Å². The minimum absolute atomic E-state index is 0.0437. The fraction of sp³-hybridized carbons (Fsp3) is 0.533. The molecule has 1 N–H and O–H groups in total. The highest BCUT2D eigenvalue weighted by atomic mass is 16.5. The number of piperidine rings is 1. The summed E-state index contributed by atoms with van der Waals surface area (Å²) in [5.74, 6) is 0.0437. The summed E-state index contributed by atoms with van der Waals surface area (Å²) in [4.78, 5) is 18.7. The topological polar surface area (TPSA) is 71.3 Å². The first-order valence-electron chi connectivity index (χ1n) is 7.43. The van der Waals surface area contributed by atoms with Crippen LogP contribution in [-0.2, 0) is 6.42 Å². The number of nitrogens with one attached hydrogen (secondary N) is 1. The highest BCUT2D eigenvalue weighted by Crippen LogP contribution is 2.20. The number of aromatic nitrogens is 2. The molecule has 1 saturated heterocycles. The van der Waals surface area contributed by atoms with Gasteiger partial charge in [-0.25, -0.2) is 4.98 Å². The van der Waals surface area contributed by atoms with Gasteiger partial charge in [-0.15, -0.1) is 0 Å². The van der Waals surface area contributed by atoms with Crippen molar-refractivity contribution in [3.63, 3.8) is 0 Å². The van der Waals surface area contributed by atoms with E-state index < -0.39 is 0 Å². The van der Waals surface area contributed by atoms with Crippen molar-refractivity contribution in [2.75, 3.05) is 20.1 Å². The van der Waals surface area contributed by atoms with Crippen molar-refractivity contribution >= 4 is 17.0 Å². The molecule has 0 aliphatic carbocycles. The molecule has 6 heteroatoms. The van der Waals surface area contributed by atoms with Gasteiger partial charge in [-0.3, -0.25) is 4.79 Å². The Kier molecular flexibility index (Phi) is 3.88. The first kappa shape index (κ1) is 14.0. The first-order chi connectivity index (χ1) is 10.2. The van der Waals surface area contributed by atoms with Crippen molar-refractivity contribution in [2.24, 2.45) is 0 Å². The number of hydrogen-bond acceptors (Lipinski definition) is 5. The summed E-state index contributed by atoms with van der Waals surface area (Å²) in [6.07, 6.45) is 4.33. The average Bonchev–Trinajstić information content (AvgIpc) is 2.96. The summed E-state index contributed by atoms with van der Waals surface area (Å²) >= 11 is 0. The lowest BCUT2D eigenvalue weighted by atomic mass is 10.0. The molecule has 0 radical (unpaired) electrons. The molecule has 6 nitrogen and oxygen atoms in total. The lowest BCUT2D eigenvalue weighted by Crippen LogP contribution is -2.43. The molecule has 2 aromatic rings. The first-order valence-corrected chi connectivity index (χ1v) is 7.43. The Morgan fingerprint density at radius 1 is 1.48 bits per heavy atom. The van der Waals surface area contributed by atoms with Gasteiger partial charge in [0.25, 0.3) is 11.6 Å². The van der Waals surface area contributed by atoms with Crippen molar-refractivity contribution in [3.05, 3.63) is 23.5 Å². The molecule has 1 aliphatic rings. The molecule has 0 atom stereocenters. The molecular weight excluding hydrogens is 268 g/mol. The van der Waals surface area contributed by atoms with E-state index in [0.717, 1.165) is 43.4 Å². The van der Waals surface area contributed by atoms with Crippen LogP contribution in [-0.4, -0.2) is 47.1 Å². The zero-order valence-electron chi connectivity index (χ0n) is 12.4. The summed E-state index contributed by atoms with van der Waals surface area (Å²) < 4.78 is 5.15. The Balaban J connectivity index is 1.81. The van der Waals surface area contributed by atoms with E-state index in [-0.39, 0.29) is 5.91 Å². The standard InChI is InChI=1S/C15H20N4O2/c1-3-13-12-8-10(9-17-14(12)21-18-13)15(20)19-6-4-11(16-2)5-7-19/h8-9,11,16H,3-7H2,1-2H3. The maximum absolute atomic E-state index is 12.6. The number of hydrogen-bond donors (Lipinski definition) is 1. The third-order valence-electron chi connectivity index (χ3n) is 4.18. The van der Waals surface area contributed by atoms with Gasteiger partial charge in [0.05, 0.1) is 16.6 Å². The van der Waals surface area contributed by atoms with Gasteiger partial charge < -0.3 is 14.7 Å². The minimum atomic E-state index is 0.0437. The van der Waals surface area contributed by atoms with Gasteiger partial charge in [-0.1, -0.05) is 12.1 Å². The van der Waals surface area contributed by atoms with E-state index in [9.17, 15) is 4.79 Å². The second-order valence-corrected chi connectivity index (χ2v) is 5.41. The number of rotatable bonds is 3. The fourth-order valence-corrected chi connectivity index (χ4v) is 2.80. The molecule has 0 saturated carbocycles. The third kappa shape index (κ3) is 2.63. The third-order valence-corrected chi connectivity index (χ3v) is 4.18. The van der Waals surface area contributed by atoms with E-state index in [1.54, 1.807) is 6.20 Å². The van der Waals surface area contributed by atoms with Crippen molar-refractivity contribution in [2.45, 2.75) is 32.2 Å². The summed E-state index contributed by atoms with van der Waals surface area (Å²) in [5, 5.41) is 8.09. The van der Waals surface area contributed by atoms with E-state index in [1.165, 1.54) is 0 Å². The Morgan fingerprint density at radius 2 is 2.24 bits per heavy atom. The molecule has 1 amide bonds. The van der Waals surface area contributed by atoms with Crippen LogP contribution in [0.2, 0.25) is 0 Å². The van der Waals surface area contributed by atoms with Crippen molar-refractivity contribution in [3.8, 4) is 0 Å². The minimum Gasteiger partial charge on any atom is -0.338 e. The van der Waals surface area contributed by atoms with Crippen LogP contribution in [0, 0.1) is 0 Å². The molecule has 2 aromatic heterocycles. The number of carbonyl (C=O) groups excluding carboxylic acids is 1. The molecule has 0 spiro atoms. The second kappa shape index (κ2) is 5.81. The normalized spacial score (nSPS) is 16.6. The van der Waals surface area contributed by atoms with Gasteiger partial charge in [-0.05, 0) is 32.4 Å². The van der Waals surface area contributed by atoms with Crippen LogP contribution in [0.4, 0.5) is 0 Å². The molecule has 3 rings (SSSR count). The number of fused-ring (bicyclic) bond motifs is 1. The Hall–Kier alpha value is -1.95. The molecular formula is C15H20N4O2. The predicted octanol–water partition coefficient (Wildman–Crippen LogP) is 1.61. The van der Waals surface area contributed by atoms with E-state index in [0.29, 0.717) is 17.3 Å². The van der Waals surface area contributed by atoms with Crippen molar-refractivity contribution < 1.29 is 9.32 Å². The van der Waals surface area contributed by atoms with Crippen LogP contribution in [0.3, 0.4) is 0 Å².